The van der Waals surface area contributed by atoms with E-state index in [0.717, 1.165) is 36.3 Å². The van der Waals surface area contributed by atoms with Gasteiger partial charge in [0.1, 0.15) is 0 Å². The molecular formula is C19H23NO3. The fourth-order valence-electron chi connectivity index (χ4n) is 3.52. The molecular weight excluding hydrogens is 290 g/mol. The Hall–Kier alpha value is -2.20. The van der Waals surface area contributed by atoms with Crippen LogP contribution in [0.25, 0.3) is 11.1 Å². The van der Waals surface area contributed by atoms with Crippen molar-refractivity contribution >= 4 is 0 Å². The normalized spacial score (nSPS) is 11.8. The van der Waals surface area contributed by atoms with Gasteiger partial charge in [-0.25, -0.2) is 0 Å². The Morgan fingerprint density at radius 2 is 1.65 bits per heavy atom. The highest BCUT2D eigenvalue weighted by Gasteiger charge is 2.31. The van der Waals surface area contributed by atoms with Gasteiger partial charge in [0.2, 0.25) is 5.75 Å². The highest BCUT2D eigenvalue weighted by atomic mass is 16.5. The molecule has 0 saturated carbocycles. The first-order valence-corrected chi connectivity index (χ1v) is 7.88. The molecule has 1 aliphatic carbocycles. The lowest BCUT2D eigenvalue weighted by Gasteiger charge is -2.21. The average Bonchev–Trinajstić information content (AvgIpc) is 2.97. The Balaban J connectivity index is 2.32. The molecule has 122 valence electrons. The molecule has 0 aliphatic heterocycles. The van der Waals surface area contributed by atoms with Crippen molar-refractivity contribution in [3.63, 3.8) is 0 Å². The van der Waals surface area contributed by atoms with Crippen LogP contribution in [0.1, 0.15) is 23.1 Å². The molecule has 0 spiro atoms. The van der Waals surface area contributed by atoms with Crippen LogP contribution in [0.2, 0.25) is 0 Å². The van der Waals surface area contributed by atoms with Crippen molar-refractivity contribution in [2.45, 2.75) is 19.3 Å². The van der Waals surface area contributed by atoms with Gasteiger partial charge in [-0.2, -0.15) is 0 Å². The minimum atomic E-state index is 0.647. The fourth-order valence-corrected chi connectivity index (χ4v) is 3.52. The molecule has 2 aromatic rings. The van der Waals surface area contributed by atoms with E-state index in [1.807, 2.05) is 0 Å². The van der Waals surface area contributed by atoms with Gasteiger partial charge in [-0.3, -0.25) is 0 Å². The molecule has 2 aromatic carbocycles. The number of fused-ring (bicyclic) bond motifs is 3. The molecule has 0 aromatic heterocycles. The largest absolute Gasteiger partial charge is 0.492 e. The summed E-state index contributed by atoms with van der Waals surface area (Å²) >= 11 is 0. The fraction of sp³-hybridized carbons (Fsp3) is 0.368. The van der Waals surface area contributed by atoms with Gasteiger partial charge >= 0.3 is 0 Å². The van der Waals surface area contributed by atoms with Gasteiger partial charge in [-0.05, 0) is 36.1 Å². The van der Waals surface area contributed by atoms with Crippen LogP contribution in [0.15, 0.2) is 24.3 Å². The first-order valence-electron chi connectivity index (χ1n) is 7.88. The van der Waals surface area contributed by atoms with Crippen molar-refractivity contribution in [1.29, 1.82) is 0 Å². The quantitative estimate of drug-likeness (QED) is 0.759. The zero-order valence-electron chi connectivity index (χ0n) is 13.9. The van der Waals surface area contributed by atoms with Crippen LogP contribution in [-0.4, -0.2) is 27.9 Å². The lowest BCUT2D eigenvalue weighted by atomic mass is 9.94. The Kier molecular flexibility index (Phi) is 4.44. The average molecular weight is 313 g/mol. The second-order valence-electron chi connectivity index (χ2n) is 5.66. The molecule has 0 saturated heterocycles. The molecule has 1 aliphatic rings. The maximum absolute atomic E-state index is 5.74. The molecule has 0 unspecified atom stereocenters. The van der Waals surface area contributed by atoms with Crippen molar-refractivity contribution in [2.75, 3.05) is 27.9 Å². The van der Waals surface area contributed by atoms with E-state index < -0.39 is 0 Å². The van der Waals surface area contributed by atoms with Crippen LogP contribution in [0, 0.1) is 0 Å². The van der Waals surface area contributed by atoms with E-state index in [0.29, 0.717) is 12.3 Å². The lowest BCUT2D eigenvalue weighted by Crippen LogP contribution is -2.06. The van der Waals surface area contributed by atoms with Gasteiger partial charge in [-0.1, -0.05) is 24.3 Å². The number of rotatable bonds is 6. The summed E-state index contributed by atoms with van der Waals surface area (Å²) in [6.45, 7) is 0.647. The van der Waals surface area contributed by atoms with Crippen molar-refractivity contribution in [3.8, 4) is 28.4 Å². The van der Waals surface area contributed by atoms with E-state index in [2.05, 4.69) is 24.3 Å². The van der Waals surface area contributed by atoms with Crippen LogP contribution in [0.5, 0.6) is 17.2 Å². The van der Waals surface area contributed by atoms with Crippen molar-refractivity contribution < 1.29 is 14.2 Å². The first-order chi connectivity index (χ1) is 11.3. The molecule has 0 bridgehead atoms. The van der Waals surface area contributed by atoms with Crippen LogP contribution in [-0.2, 0) is 12.8 Å². The minimum absolute atomic E-state index is 0.647. The van der Waals surface area contributed by atoms with Gasteiger partial charge < -0.3 is 19.9 Å². The summed E-state index contributed by atoms with van der Waals surface area (Å²) in [6, 6.07) is 8.48. The molecule has 0 radical (unpaired) electrons. The number of nitrogens with two attached hydrogens (primary N) is 1. The number of hydrogen-bond acceptors (Lipinski definition) is 4. The summed E-state index contributed by atoms with van der Waals surface area (Å²) in [7, 11) is 5.01. The van der Waals surface area contributed by atoms with E-state index in [1.165, 1.54) is 22.3 Å². The van der Waals surface area contributed by atoms with Gasteiger partial charge in [0.05, 0.1) is 21.3 Å². The third kappa shape index (κ3) is 2.43. The molecule has 0 atom stereocenters. The molecule has 2 N–H and O–H groups in total. The molecule has 23 heavy (non-hydrogen) atoms. The summed E-state index contributed by atoms with van der Waals surface area (Å²) in [6.07, 6.45) is 2.61. The smallest absolute Gasteiger partial charge is 0.203 e. The Morgan fingerprint density at radius 1 is 0.957 bits per heavy atom. The van der Waals surface area contributed by atoms with Crippen LogP contribution in [0.3, 0.4) is 0 Å². The highest BCUT2D eigenvalue weighted by molar-refractivity contribution is 5.86. The summed E-state index contributed by atoms with van der Waals surface area (Å²) < 4.78 is 17.0. The number of benzene rings is 2. The molecule has 0 fully saturated rings. The summed E-state index contributed by atoms with van der Waals surface area (Å²) in [5.41, 5.74) is 11.9. The second kappa shape index (κ2) is 6.50. The zero-order valence-corrected chi connectivity index (χ0v) is 13.9. The van der Waals surface area contributed by atoms with E-state index >= 15 is 0 Å². The van der Waals surface area contributed by atoms with Gasteiger partial charge in [0.15, 0.2) is 11.5 Å². The highest BCUT2D eigenvalue weighted by Crippen LogP contribution is 2.53. The van der Waals surface area contributed by atoms with Crippen molar-refractivity contribution in [3.05, 3.63) is 41.0 Å². The maximum atomic E-state index is 5.74. The SMILES string of the molecule is COc1c(CCCN)c2c(c(OC)c1OC)Cc1ccccc1-2. The van der Waals surface area contributed by atoms with E-state index in [1.54, 1.807) is 21.3 Å². The van der Waals surface area contributed by atoms with Crippen molar-refractivity contribution in [1.82, 2.24) is 0 Å². The first kappa shape index (κ1) is 15.7. The monoisotopic (exact) mass is 313 g/mol. The zero-order chi connectivity index (χ0) is 16.4. The summed E-state index contributed by atoms with van der Waals surface area (Å²) in [4.78, 5) is 0. The second-order valence-corrected chi connectivity index (χ2v) is 5.66. The Labute approximate surface area is 137 Å². The van der Waals surface area contributed by atoms with E-state index in [-0.39, 0.29) is 0 Å². The van der Waals surface area contributed by atoms with Gasteiger partial charge in [0, 0.05) is 17.5 Å². The van der Waals surface area contributed by atoms with Gasteiger partial charge in [0.25, 0.3) is 0 Å². The molecule has 4 nitrogen and oxygen atoms in total. The number of hydrogen-bond donors (Lipinski definition) is 1. The predicted octanol–water partition coefficient (Wildman–Crippen LogP) is 3.17. The summed E-state index contributed by atoms with van der Waals surface area (Å²) in [5, 5.41) is 0. The third-order valence-corrected chi connectivity index (χ3v) is 4.46. The van der Waals surface area contributed by atoms with Gasteiger partial charge in [-0.15, -0.1) is 0 Å². The van der Waals surface area contributed by atoms with E-state index in [4.69, 9.17) is 19.9 Å². The topological polar surface area (TPSA) is 53.7 Å². The Bertz CT molecular complexity index is 725. The molecule has 0 heterocycles. The standard InChI is InChI=1S/C19H23NO3/c1-21-17-14(9-6-10-20)16-13-8-5-4-7-12(13)11-15(16)18(22-2)19(17)23-3/h4-5,7-8H,6,9-11,20H2,1-3H3. The third-order valence-electron chi connectivity index (χ3n) is 4.46. The minimum Gasteiger partial charge on any atom is -0.492 e. The molecule has 0 amide bonds. The van der Waals surface area contributed by atoms with E-state index in [9.17, 15) is 0 Å². The Morgan fingerprint density at radius 3 is 2.30 bits per heavy atom. The van der Waals surface area contributed by atoms with Crippen LogP contribution in [0.4, 0.5) is 0 Å². The van der Waals surface area contributed by atoms with Crippen molar-refractivity contribution in [2.24, 2.45) is 5.73 Å². The molecule has 3 rings (SSSR count). The summed E-state index contributed by atoms with van der Waals surface area (Å²) in [5.74, 6) is 2.20. The maximum Gasteiger partial charge on any atom is 0.203 e. The predicted molar refractivity (Wildman–Crippen MR) is 91.7 cm³/mol. The number of methoxy groups -OCH3 is 3. The lowest BCUT2D eigenvalue weighted by molar-refractivity contribution is 0.321. The molecule has 4 heteroatoms. The van der Waals surface area contributed by atoms with Crippen LogP contribution < -0.4 is 19.9 Å². The number of ether oxygens (including phenoxy) is 3. The van der Waals surface area contributed by atoms with Crippen LogP contribution >= 0.6 is 0 Å².